The van der Waals surface area contributed by atoms with Gasteiger partial charge in [-0.25, -0.2) is 14.6 Å². The van der Waals surface area contributed by atoms with Gasteiger partial charge in [0.2, 0.25) is 5.91 Å². The van der Waals surface area contributed by atoms with Crippen LogP contribution in [0.25, 0.3) is 5.95 Å². The lowest BCUT2D eigenvalue weighted by Crippen LogP contribution is -2.38. The van der Waals surface area contributed by atoms with Gasteiger partial charge in [0.25, 0.3) is 5.95 Å². The second-order valence-electron chi connectivity index (χ2n) is 7.21. The van der Waals surface area contributed by atoms with E-state index < -0.39 is 0 Å². The molecule has 0 aliphatic carbocycles. The van der Waals surface area contributed by atoms with Crippen LogP contribution in [0.15, 0.2) is 6.07 Å². The van der Waals surface area contributed by atoms with Gasteiger partial charge in [-0.05, 0) is 65.6 Å². The van der Waals surface area contributed by atoms with Crippen molar-refractivity contribution < 1.29 is 4.79 Å². The summed E-state index contributed by atoms with van der Waals surface area (Å²) >= 11 is 0. The van der Waals surface area contributed by atoms with Crippen molar-refractivity contribution >= 4 is 5.91 Å². The first-order valence-corrected chi connectivity index (χ1v) is 9.29. The van der Waals surface area contributed by atoms with Crippen LogP contribution in [0.2, 0.25) is 0 Å². The van der Waals surface area contributed by atoms with Gasteiger partial charge in [0, 0.05) is 29.2 Å². The maximum Gasteiger partial charge on any atom is 0.251 e. The molecule has 0 radical (unpaired) electrons. The fourth-order valence-corrected chi connectivity index (χ4v) is 3.51. The number of hydrogen-bond acceptors (Lipinski definition) is 5. The Kier molecular flexibility index (Phi) is 5.66. The highest BCUT2D eigenvalue weighted by Crippen LogP contribution is 2.17. The molecule has 1 aliphatic heterocycles. The highest BCUT2D eigenvalue weighted by molar-refractivity contribution is 5.79. The van der Waals surface area contributed by atoms with Crippen molar-refractivity contribution in [2.45, 2.75) is 47.0 Å². The highest BCUT2D eigenvalue weighted by Gasteiger charge is 2.19. The van der Waals surface area contributed by atoms with Crippen molar-refractivity contribution in [2.75, 3.05) is 19.6 Å². The van der Waals surface area contributed by atoms with Gasteiger partial charge in [-0.15, -0.1) is 0 Å². The largest absolute Gasteiger partial charge is 0.355 e. The summed E-state index contributed by atoms with van der Waals surface area (Å²) in [5, 5.41) is 11.0. The Hall–Kier alpha value is -2.28. The second-order valence-corrected chi connectivity index (χ2v) is 7.21. The maximum absolute atomic E-state index is 12.4. The van der Waals surface area contributed by atoms with Gasteiger partial charge in [0.15, 0.2) is 0 Å². The second kappa shape index (κ2) is 7.95. The van der Waals surface area contributed by atoms with Crippen molar-refractivity contribution in [1.82, 2.24) is 30.4 Å². The minimum absolute atomic E-state index is 0.0441. The molecule has 0 bridgehead atoms. The Balaban J connectivity index is 1.70. The molecular formula is C19H28N6O. The fourth-order valence-electron chi connectivity index (χ4n) is 3.51. The van der Waals surface area contributed by atoms with Gasteiger partial charge < -0.3 is 10.6 Å². The number of amides is 1. The van der Waals surface area contributed by atoms with Crippen LogP contribution in [0.3, 0.4) is 0 Å². The summed E-state index contributed by atoms with van der Waals surface area (Å²) in [5.74, 6) is 1.13. The summed E-state index contributed by atoms with van der Waals surface area (Å²) in [6.07, 6.45) is 2.69. The molecule has 0 aromatic carbocycles. The molecule has 26 heavy (non-hydrogen) atoms. The standard InChI is InChI=1S/C19H28N6O/c1-12-8-13(2)23-19(22-12)25-15(4)17(14(3)24-25)9-18(26)21-11-16-6-5-7-20-10-16/h8,16,20H,5-7,9-11H2,1-4H3,(H,21,26). The monoisotopic (exact) mass is 356 g/mol. The summed E-state index contributed by atoms with van der Waals surface area (Å²) < 4.78 is 1.74. The summed E-state index contributed by atoms with van der Waals surface area (Å²) in [5.41, 5.74) is 4.52. The first-order valence-electron chi connectivity index (χ1n) is 9.29. The summed E-state index contributed by atoms with van der Waals surface area (Å²) in [7, 11) is 0. The fraction of sp³-hybridized carbons (Fsp3) is 0.579. The number of piperidine rings is 1. The molecule has 2 aromatic heterocycles. The molecule has 3 rings (SSSR count). The van der Waals surface area contributed by atoms with Crippen LogP contribution in [-0.4, -0.2) is 45.3 Å². The maximum atomic E-state index is 12.4. The number of nitrogens with zero attached hydrogens (tertiary/aromatic N) is 4. The van der Waals surface area contributed by atoms with Crippen molar-refractivity contribution in [2.24, 2.45) is 5.92 Å². The third-order valence-electron chi connectivity index (χ3n) is 4.93. The normalized spacial score (nSPS) is 17.3. The van der Waals surface area contributed by atoms with Crippen molar-refractivity contribution in [1.29, 1.82) is 0 Å². The lowest BCUT2D eigenvalue weighted by Gasteiger charge is -2.22. The van der Waals surface area contributed by atoms with Gasteiger partial charge in [-0.1, -0.05) is 0 Å². The highest BCUT2D eigenvalue weighted by atomic mass is 16.1. The van der Waals surface area contributed by atoms with Crippen molar-refractivity contribution in [3.05, 3.63) is 34.4 Å². The molecule has 7 heteroatoms. The van der Waals surface area contributed by atoms with Crippen LogP contribution in [0.4, 0.5) is 0 Å². The van der Waals surface area contributed by atoms with Crippen molar-refractivity contribution in [3.63, 3.8) is 0 Å². The number of aromatic nitrogens is 4. The Morgan fingerprint density at radius 2 is 2.00 bits per heavy atom. The lowest BCUT2D eigenvalue weighted by molar-refractivity contribution is -0.120. The first kappa shape index (κ1) is 18.5. The van der Waals surface area contributed by atoms with Gasteiger partial charge in [0.1, 0.15) is 0 Å². The Morgan fingerprint density at radius 1 is 1.27 bits per heavy atom. The predicted octanol–water partition coefficient (Wildman–Crippen LogP) is 1.55. The zero-order chi connectivity index (χ0) is 18.7. The quantitative estimate of drug-likeness (QED) is 0.849. The molecule has 1 unspecified atom stereocenters. The minimum Gasteiger partial charge on any atom is -0.355 e. The van der Waals surface area contributed by atoms with E-state index in [0.717, 1.165) is 48.0 Å². The average Bonchev–Trinajstić information content (AvgIpc) is 2.88. The average molecular weight is 356 g/mol. The SMILES string of the molecule is Cc1cc(C)nc(-n2nc(C)c(CC(=O)NCC3CCCNC3)c2C)n1. The molecule has 3 heterocycles. The molecule has 2 aromatic rings. The molecule has 1 fully saturated rings. The van der Waals surface area contributed by atoms with Crippen LogP contribution in [-0.2, 0) is 11.2 Å². The van der Waals surface area contributed by atoms with E-state index in [4.69, 9.17) is 0 Å². The molecule has 0 saturated carbocycles. The van der Waals surface area contributed by atoms with E-state index in [1.54, 1.807) is 4.68 Å². The van der Waals surface area contributed by atoms with Crippen LogP contribution < -0.4 is 10.6 Å². The van der Waals surface area contributed by atoms with Gasteiger partial charge in [0.05, 0.1) is 12.1 Å². The zero-order valence-corrected chi connectivity index (χ0v) is 16.1. The molecule has 1 aliphatic rings. The molecular weight excluding hydrogens is 328 g/mol. The smallest absolute Gasteiger partial charge is 0.251 e. The van der Waals surface area contributed by atoms with E-state index in [-0.39, 0.29) is 5.91 Å². The molecule has 1 saturated heterocycles. The molecule has 0 spiro atoms. The summed E-state index contributed by atoms with van der Waals surface area (Å²) in [6, 6.07) is 1.93. The molecule has 140 valence electrons. The van der Waals surface area contributed by atoms with Gasteiger partial charge in [-0.2, -0.15) is 5.10 Å². The Labute approximate surface area is 154 Å². The summed E-state index contributed by atoms with van der Waals surface area (Å²) in [4.78, 5) is 21.4. The third kappa shape index (κ3) is 4.27. The van der Waals surface area contributed by atoms with Crippen LogP contribution in [0.1, 0.15) is 41.2 Å². The van der Waals surface area contributed by atoms with E-state index in [2.05, 4.69) is 25.7 Å². The number of carbonyl (C=O) groups is 1. The van der Waals surface area contributed by atoms with E-state index in [0.29, 0.717) is 18.3 Å². The number of nitrogens with one attached hydrogen (secondary N) is 2. The van der Waals surface area contributed by atoms with E-state index in [9.17, 15) is 4.79 Å². The van der Waals surface area contributed by atoms with E-state index >= 15 is 0 Å². The topological polar surface area (TPSA) is 84.7 Å². The van der Waals surface area contributed by atoms with E-state index in [1.165, 1.54) is 12.8 Å². The van der Waals surface area contributed by atoms with Crippen molar-refractivity contribution in [3.8, 4) is 5.95 Å². The van der Waals surface area contributed by atoms with Crippen LogP contribution in [0, 0.1) is 33.6 Å². The molecule has 1 atom stereocenters. The zero-order valence-electron chi connectivity index (χ0n) is 16.1. The molecule has 1 amide bonds. The lowest BCUT2D eigenvalue weighted by atomic mass is 9.99. The Morgan fingerprint density at radius 3 is 2.65 bits per heavy atom. The summed E-state index contributed by atoms with van der Waals surface area (Å²) in [6.45, 7) is 10.6. The van der Waals surface area contributed by atoms with Gasteiger partial charge in [-0.3, -0.25) is 4.79 Å². The van der Waals surface area contributed by atoms with Crippen LogP contribution in [0.5, 0.6) is 0 Å². The number of carbonyl (C=O) groups excluding carboxylic acids is 1. The predicted molar refractivity (Wildman–Crippen MR) is 100 cm³/mol. The van der Waals surface area contributed by atoms with Gasteiger partial charge >= 0.3 is 0 Å². The number of aryl methyl sites for hydroxylation is 3. The van der Waals surface area contributed by atoms with Crippen LogP contribution >= 0.6 is 0 Å². The number of hydrogen-bond donors (Lipinski definition) is 2. The minimum atomic E-state index is 0.0441. The molecule has 2 N–H and O–H groups in total. The molecule has 7 nitrogen and oxygen atoms in total. The van der Waals surface area contributed by atoms with E-state index in [1.807, 2.05) is 33.8 Å². The number of rotatable bonds is 5. The third-order valence-corrected chi connectivity index (χ3v) is 4.93. The Bertz CT molecular complexity index is 771. The first-order chi connectivity index (χ1) is 12.4.